The first kappa shape index (κ1) is 17.2. The highest BCUT2D eigenvalue weighted by atomic mass is 35.5. The number of likely N-dealkylation sites (tertiary alicyclic amines) is 1. The summed E-state index contributed by atoms with van der Waals surface area (Å²) in [6, 6.07) is 13.0. The summed E-state index contributed by atoms with van der Waals surface area (Å²) in [6.45, 7) is 2.37. The van der Waals surface area contributed by atoms with E-state index in [2.05, 4.69) is 10.2 Å². The number of hydrogen-bond acceptors (Lipinski definition) is 3. The van der Waals surface area contributed by atoms with Gasteiger partial charge in [-0.25, -0.2) is 4.39 Å². The molecule has 2 aromatic carbocycles. The topological polar surface area (TPSA) is 35.5 Å². The Morgan fingerprint density at radius 3 is 2.58 bits per heavy atom. The zero-order valence-electron chi connectivity index (χ0n) is 13.5. The van der Waals surface area contributed by atoms with Gasteiger partial charge < -0.3 is 10.4 Å². The van der Waals surface area contributed by atoms with E-state index in [1.54, 1.807) is 12.1 Å². The molecule has 128 valence electrons. The zero-order valence-corrected chi connectivity index (χ0v) is 14.3. The number of anilines is 1. The number of nitrogens with zero attached hydrogens (tertiary/aromatic N) is 1. The van der Waals surface area contributed by atoms with Crippen LogP contribution in [0.4, 0.5) is 10.1 Å². The molecule has 0 saturated carbocycles. The number of aliphatic hydroxyl groups is 1. The maximum atomic E-state index is 13.9. The number of aliphatic hydroxyl groups excluding tert-OH is 1. The van der Waals surface area contributed by atoms with Gasteiger partial charge in [-0.1, -0.05) is 35.9 Å². The van der Waals surface area contributed by atoms with Gasteiger partial charge in [0.25, 0.3) is 0 Å². The zero-order chi connectivity index (χ0) is 16.9. The molecule has 0 radical (unpaired) electrons. The molecule has 3 rings (SSSR count). The monoisotopic (exact) mass is 348 g/mol. The lowest BCUT2D eigenvalue weighted by molar-refractivity contribution is 0.209. The summed E-state index contributed by atoms with van der Waals surface area (Å²) in [5, 5.41) is 13.4. The van der Waals surface area contributed by atoms with E-state index in [1.165, 1.54) is 6.07 Å². The molecule has 2 N–H and O–H groups in total. The number of piperidine rings is 1. The van der Waals surface area contributed by atoms with Gasteiger partial charge in [0.1, 0.15) is 5.82 Å². The number of hydrogen-bond donors (Lipinski definition) is 2. The highest BCUT2D eigenvalue weighted by Crippen LogP contribution is 2.24. The van der Waals surface area contributed by atoms with Crippen molar-refractivity contribution >= 4 is 17.3 Å². The number of benzene rings is 2. The second-order valence-corrected chi connectivity index (χ2v) is 6.62. The van der Waals surface area contributed by atoms with E-state index in [1.807, 2.05) is 24.3 Å². The Morgan fingerprint density at radius 1 is 1.12 bits per heavy atom. The van der Waals surface area contributed by atoms with E-state index in [0.717, 1.165) is 37.2 Å². The van der Waals surface area contributed by atoms with E-state index >= 15 is 0 Å². The van der Waals surface area contributed by atoms with Gasteiger partial charge in [-0.15, -0.1) is 0 Å². The second kappa shape index (κ2) is 7.97. The molecule has 3 nitrogen and oxygen atoms in total. The Kier molecular flexibility index (Phi) is 5.72. The first-order chi connectivity index (χ1) is 11.7. The minimum Gasteiger partial charge on any atom is -0.392 e. The van der Waals surface area contributed by atoms with Crippen molar-refractivity contribution in [2.75, 3.05) is 18.4 Å². The first-order valence-corrected chi connectivity index (χ1v) is 8.65. The van der Waals surface area contributed by atoms with Crippen molar-refractivity contribution in [3.8, 4) is 0 Å². The van der Waals surface area contributed by atoms with Crippen molar-refractivity contribution in [3.05, 3.63) is 64.4 Å². The first-order valence-electron chi connectivity index (χ1n) is 8.28. The van der Waals surface area contributed by atoms with Crippen LogP contribution in [0.5, 0.6) is 0 Å². The highest BCUT2D eigenvalue weighted by molar-refractivity contribution is 6.31. The van der Waals surface area contributed by atoms with E-state index in [9.17, 15) is 9.50 Å². The van der Waals surface area contributed by atoms with Crippen molar-refractivity contribution in [3.63, 3.8) is 0 Å². The molecule has 0 aliphatic carbocycles. The van der Waals surface area contributed by atoms with Crippen LogP contribution in [0.25, 0.3) is 0 Å². The molecule has 1 aliphatic rings. The van der Waals surface area contributed by atoms with Crippen molar-refractivity contribution < 1.29 is 9.50 Å². The molecule has 1 aliphatic heterocycles. The second-order valence-electron chi connectivity index (χ2n) is 6.21. The Morgan fingerprint density at radius 2 is 1.88 bits per heavy atom. The third-order valence-electron chi connectivity index (χ3n) is 4.58. The average Bonchev–Trinajstić information content (AvgIpc) is 2.60. The van der Waals surface area contributed by atoms with Crippen LogP contribution in [0.15, 0.2) is 42.5 Å². The molecule has 0 bridgehead atoms. The minimum atomic E-state index is -0.236. The normalized spacial score (nSPS) is 16.3. The summed E-state index contributed by atoms with van der Waals surface area (Å²) in [5.41, 5.74) is 2.49. The van der Waals surface area contributed by atoms with Gasteiger partial charge >= 0.3 is 0 Å². The Bertz CT molecular complexity index is 667. The molecule has 0 amide bonds. The molecule has 0 aromatic heterocycles. The molecule has 1 saturated heterocycles. The maximum absolute atomic E-state index is 13.9. The molecular formula is C19H22ClFN2O. The fraction of sp³-hybridized carbons (Fsp3) is 0.368. The van der Waals surface area contributed by atoms with Gasteiger partial charge in [0.05, 0.1) is 6.61 Å². The van der Waals surface area contributed by atoms with Crippen molar-refractivity contribution in [2.45, 2.75) is 32.0 Å². The van der Waals surface area contributed by atoms with E-state index in [-0.39, 0.29) is 12.4 Å². The van der Waals surface area contributed by atoms with Crippen LogP contribution >= 0.6 is 11.6 Å². The number of rotatable bonds is 5. The summed E-state index contributed by atoms with van der Waals surface area (Å²) in [4.78, 5) is 2.24. The van der Waals surface area contributed by atoms with Gasteiger partial charge in [0.15, 0.2) is 0 Å². The third-order valence-corrected chi connectivity index (χ3v) is 4.93. The van der Waals surface area contributed by atoms with Gasteiger partial charge in [0.2, 0.25) is 0 Å². The van der Waals surface area contributed by atoms with Crippen LogP contribution in [0, 0.1) is 5.82 Å². The van der Waals surface area contributed by atoms with Crippen molar-refractivity contribution in [1.82, 2.24) is 4.90 Å². The molecule has 5 heteroatoms. The molecule has 1 heterocycles. The van der Waals surface area contributed by atoms with Crippen LogP contribution in [0.2, 0.25) is 5.02 Å². The maximum Gasteiger partial charge on any atom is 0.129 e. The lowest BCUT2D eigenvalue weighted by atomic mass is 10.0. The summed E-state index contributed by atoms with van der Waals surface area (Å²) < 4.78 is 13.9. The van der Waals surface area contributed by atoms with Crippen LogP contribution < -0.4 is 5.32 Å². The number of para-hydroxylation sites is 1. The van der Waals surface area contributed by atoms with Crippen molar-refractivity contribution in [2.24, 2.45) is 0 Å². The van der Waals surface area contributed by atoms with Crippen LogP contribution in [0.3, 0.4) is 0 Å². The molecule has 24 heavy (non-hydrogen) atoms. The predicted octanol–water partition coefficient (Wildman–Crippen LogP) is 4.05. The summed E-state index contributed by atoms with van der Waals surface area (Å²) >= 11 is 6.12. The van der Waals surface area contributed by atoms with E-state index < -0.39 is 0 Å². The smallest absolute Gasteiger partial charge is 0.129 e. The van der Waals surface area contributed by atoms with E-state index in [4.69, 9.17) is 11.6 Å². The predicted molar refractivity (Wildman–Crippen MR) is 95.7 cm³/mol. The number of nitrogens with one attached hydrogen (secondary N) is 1. The third kappa shape index (κ3) is 4.07. The Labute approximate surface area is 147 Å². The lowest BCUT2D eigenvalue weighted by Crippen LogP contribution is -2.39. The van der Waals surface area contributed by atoms with Crippen LogP contribution in [0.1, 0.15) is 24.0 Å². The van der Waals surface area contributed by atoms with Gasteiger partial charge in [-0.3, -0.25) is 4.90 Å². The Hall–Kier alpha value is -1.62. The molecule has 1 fully saturated rings. The Balaban J connectivity index is 1.56. The average molecular weight is 349 g/mol. The molecule has 2 aromatic rings. The standard InChI is InChI=1S/C19H22ClFN2O/c20-17-5-3-6-18(21)16(17)12-23-10-8-15(9-11-23)22-19-7-2-1-4-14(19)13-24/h1-7,15,22,24H,8-13H2. The lowest BCUT2D eigenvalue weighted by Gasteiger charge is -2.33. The largest absolute Gasteiger partial charge is 0.392 e. The van der Waals surface area contributed by atoms with Gasteiger partial charge in [-0.2, -0.15) is 0 Å². The summed E-state index contributed by atoms with van der Waals surface area (Å²) in [6.07, 6.45) is 1.96. The summed E-state index contributed by atoms with van der Waals surface area (Å²) in [7, 11) is 0. The van der Waals surface area contributed by atoms with Gasteiger partial charge in [0, 0.05) is 47.5 Å². The summed E-state index contributed by atoms with van der Waals surface area (Å²) in [5.74, 6) is -0.236. The number of halogens is 2. The minimum absolute atomic E-state index is 0.0355. The van der Waals surface area contributed by atoms with Crippen molar-refractivity contribution in [1.29, 1.82) is 0 Å². The molecule has 0 unspecified atom stereocenters. The van der Waals surface area contributed by atoms with Crippen LogP contribution in [-0.4, -0.2) is 29.1 Å². The van der Waals surface area contributed by atoms with Crippen LogP contribution in [-0.2, 0) is 13.2 Å². The van der Waals surface area contributed by atoms with E-state index in [0.29, 0.717) is 23.2 Å². The quantitative estimate of drug-likeness (QED) is 0.855. The molecule has 0 spiro atoms. The van der Waals surface area contributed by atoms with Gasteiger partial charge in [-0.05, 0) is 31.0 Å². The fourth-order valence-corrected chi connectivity index (χ4v) is 3.38. The molecule has 0 atom stereocenters. The molecular weight excluding hydrogens is 327 g/mol. The SMILES string of the molecule is OCc1ccccc1NC1CCN(Cc2c(F)cccc2Cl)CC1. The highest BCUT2D eigenvalue weighted by Gasteiger charge is 2.21. The fourth-order valence-electron chi connectivity index (χ4n) is 3.16.